The van der Waals surface area contributed by atoms with Gasteiger partial charge in [0.2, 0.25) is 5.91 Å². The van der Waals surface area contributed by atoms with E-state index in [1.807, 2.05) is 0 Å². The Morgan fingerprint density at radius 1 is 1.37 bits per heavy atom. The number of rotatable bonds is 6. The Hall–Kier alpha value is -2.65. The van der Waals surface area contributed by atoms with E-state index in [4.69, 9.17) is 5.11 Å². The van der Waals surface area contributed by atoms with Crippen molar-refractivity contribution in [1.82, 2.24) is 31.1 Å². The molecule has 0 fully saturated rings. The Morgan fingerprint density at radius 3 is 2.68 bits per heavy atom. The van der Waals surface area contributed by atoms with Crippen LogP contribution < -0.4 is 16.0 Å². The number of aromatic nitrogens is 3. The highest BCUT2D eigenvalue weighted by molar-refractivity contribution is 5.86. The zero-order valence-corrected chi connectivity index (χ0v) is 10.1. The van der Waals surface area contributed by atoms with Crippen LogP contribution in [0, 0.1) is 0 Å². The minimum Gasteiger partial charge on any atom is -0.480 e. The van der Waals surface area contributed by atoms with E-state index in [2.05, 4.69) is 31.1 Å². The van der Waals surface area contributed by atoms with Crippen molar-refractivity contribution in [1.29, 1.82) is 0 Å². The molecular formula is C9H14N6O4. The third-order valence-electron chi connectivity index (χ3n) is 2.04. The molecule has 1 unspecified atom stereocenters. The number of nitrogens with one attached hydrogen (secondary N) is 4. The van der Waals surface area contributed by atoms with Crippen LogP contribution in [0.5, 0.6) is 0 Å². The Balaban J connectivity index is 2.24. The first-order valence-corrected chi connectivity index (χ1v) is 5.37. The first-order valence-electron chi connectivity index (χ1n) is 5.37. The van der Waals surface area contributed by atoms with Gasteiger partial charge in [-0.1, -0.05) is 0 Å². The molecule has 5 N–H and O–H groups in total. The molecule has 0 spiro atoms. The first-order chi connectivity index (χ1) is 8.99. The smallest absolute Gasteiger partial charge is 0.322 e. The highest BCUT2D eigenvalue weighted by Crippen LogP contribution is 2.02. The number of hydrogen-bond donors (Lipinski definition) is 5. The van der Waals surface area contributed by atoms with Crippen molar-refractivity contribution in [3.63, 3.8) is 0 Å². The number of aliphatic carboxylic acids is 1. The van der Waals surface area contributed by atoms with E-state index in [1.165, 1.54) is 6.33 Å². The average molecular weight is 270 g/mol. The Kier molecular flexibility index (Phi) is 5.26. The molecule has 104 valence electrons. The van der Waals surface area contributed by atoms with Gasteiger partial charge < -0.3 is 21.1 Å². The molecule has 0 saturated heterocycles. The second-order valence-corrected chi connectivity index (χ2v) is 3.59. The number of amides is 3. The van der Waals surface area contributed by atoms with Crippen LogP contribution in [0.4, 0.5) is 4.79 Å². The zero-order chi connectivity index (χ0) is 14.3. The van der Waals surface area contributed by atoms with Gasteiger partial charge in [-0.15, -0.1) is 0 Å². The predicted molar refractivity (Wildman–Crippen MR) is 62.0 cm³/mol. The minimum atomic E-state index is -1.16. The van der Waals surface area contributed by atoms with E-state index in [0.29, 0.717) is 5.82 Å². The maximum atomic E-state index is 11.4. The fourth-order valence-corrected chi connectivity index (χ4v) is 1.14. The molecule has 1 aromatic heterocycles. The van der Waals surface area contributed by atoms with Crippen molar-refractivity contribution in [3.8, 4) is 0 Å². The SMILES string of the molecule is CC(NC(=O)NCC(=O)NCC(=O)O)c1ncn[nH]1. The molecule has 0 aliphatic heterocycles. The maximum absolute atomic E-state index is 11.4. The summed E-state index contributed by atoms with van der Waals surface area (Å²) in [6.45, 7) is 0.878. The van der Waals surface area contributed by atoms with Crippen LogP contribution in [-0.2, 0) is 9.59 Å². The molecule has 1 aromatic rings. The van der Waals surface area contributed by atoms with Crippen LogP contribution in [0.1, 0.15) is 18.8 Å². The van der Waals surface area contributed by atoms with E-state index in [9.17, 15) is 14.4 Å². The van der Waals surface area contributed by atoms with E-state index >= 15 is 0 Å². The Labute approximate surface area is 108 Å². The predicted octanol–water partition coefficient (Wildman–Crippen LogP) is -1.63. The molecule has 19 heavy (non-hydrogen) atoms. The van der Waals surface area contributed by atoms with Gasteiger partial charge in [0.15, 0.2) is 0 Å². The molecule has 0 aliphatic carbocycles. The van der Waals surface area contributed by atoms with Gasteiger partial charge >= 0.3 is 12.0 Å². The summed E-state index contributed by atoms with van der Waals surface area (Å²) in [4.78, 5) is 36.6. The van der Waals surface area contributed by atoms with Crippen LogP contribution in [0.15, 0.2) is 6.33 Å². The topological polar surface area (TPSA) is 149 Å². The lowest BCUT2D eigenvalue weighted by Gasteiger charge is -2.11. The molecule has 0 radical (unpaired) electrons. The highest BCUT2D eigenvalue weighted by Gasteiger charge is 2.12. The summed E-state index contributed by atoms with van der Waals surface area (Å²) in [5.74, 6) is -1.27. The van der Waals surface area contributed by atoms with Crippen LogP contribution >= 0.6 is 0 Å². The molecule has 0 aliphatic rings. The van der Waals surface area contributed by atoms with Crippen LogP contribution in [0.3, 0.4) is 0 Å². The second kappa shape index (κ2) is 6.93. The van der Waals surface area contributed by atoms with Crippen molar-refractivity contribution in [2.45, 2.75) is 13.0 Å². The van der Waals surface area contributed by atoms with Crippen LogP contribution in [0.25, 0.3) is 0 Å². The number of nitrogens with zero attached hydrogens (tertiary/aromatic N) is 2. The number of urea groups is 1. The fraction of sp³-hybridized carbons (Fsp3) is 0.444. The van der Waals surface area contributed by atoms with Gasteiger partial charge in [0.25, 0.3) is 0 Å². The summed E-state index contributed by atoms with van der Waals surface area (Å²) in [6, 6.07) is -0.973. The molecule has 10 heteroatoms. The largest absolute Gasteiger partial charge is 0.480 e. The third kappa shape index (κ3) is 5.48. The second-order valence-electron chi connectivity index (χ2n) is 3.59. The molecule has 3 amide bonds. The fourth-order valence-electron chi connectivity index (χ4n) is 1.14. The lowest BCUT2D eigenvalue weighted by Crippen LogP contribution is -2.43. The van der Waals surface area contributed by atoms with E-state index in [-0.39, 0.29) is 6.54 Å². The lowest BCUT2D eigenvalue weighted by atomic mass is 10.3. The number of aromatic amines is 1. The molecule has 1 heterocycles. The summed E-state index contributed by atoms with van der Waals surface area (Å²) in [5, 5.41) is 21.5. The number of carboxylic acids is 1. The van der Waals surface area contributed by atoms with E-state index < -0.39 is 30.5 Å². The average Bonchev–Trinajstić information content (AvgIpc) is 2.87. The monoisotopic (exact) mass is 270 g/mol. The highest BCUT2D eigenvalue weighted by atomic mass is 16.4. The molecule has 0 bridgehead atoms. The number of H-pyrrole nitrogens is 1. The van der Waals surface area contributed by atoms with Crippen molar-refractivity contribution >= 4 is 17.9 Å². The van der Waals surface area contributed by atoms with Gasteiger partial charge in [-0.3, -0.25) is 14.7 Å². The molecule has 0 saturated carbocycles. The van der Waals surface area contributed by atoms with Crippen LogP contribution in [0.2, 0.25) is 0 Å². The zero-order valence-electron chi connectivity index (χ0n) is 10.1. The van der Waals surface area contributed by atoms with Crippen molar-refractivity contribution in [2.24, 2.45) is 0 Å². The molecule has 1 atom stereocenters. The molecule has 10 nitrogen and oxygen atoms in total. The normalized spacial score (nSPS) is 11.4. The molecular weight excluding hydrogens is 256 g/mol. The standard InChI is InChI=1S/C9H14N6O4/c1-5(8-12-4-13-15-8)14-9(19)11-2-6(16)10-3-7(17)18/h4-5H,2-3H2,1H3,(H,10,16)(H,17,18)(H2,11,14,19)(H,12,13,15). The van der Waals surface area contributed by atoms with E-state index in [0.717, 1.165) is 0 Å². The van der Waals surface area contributed by atoms with Gasteiger partial charge in [-0.05, 0) is 6.92 Å². The quantitative estimate of drug-likeness (QED) is 0.418. The third-order valence-corrected chi connectivity index (χ3v) is 2.04. The van der Waals surface area contributed by atoms with Gasteiger partial charge in [-0.25, -0.2) is 9.78 Å². The number of hydrogen-bond acceptors (Lipinski definition) is 5. The van der Waals surface area contributed by atoms with Gasteiger partial charge in [0, 0.05) is 0 Å². The summed E-state index contributed by atoms with van der Waals surface area (Å²) in [7, 11) is 0. The Bertz CT molecular complexity index is 446. The minimum absolute atomic E-state index is 0.317. The summed E-state index contributed by atoms with van der Waals surface area (Å²) in [5.41, 5.74) is 0. The van der Waals surface area contributed by atoms with Crippen molar-refractivity contribution in [3.05, 3.63) is 12.2 Å². The van der Waals surface area contributed by atoms with Gasteiger partial charge in [0.05, 0.1) is 12.6 Å². The van der Waals surface area contributed by atoms with Crippen molar-refractivity contribution in [2.75, 3.05) is 13.1 Å². The van der Waals surface area contributed by atoms with Gasteiger partial charge in [-0.2, -0.15) is 5.10 Å². The van der Waals surface area contributed by atoms with Crippen molar-refractivity contribution < 1.29 is 19.5 Å². The maximum Gasteiger partial charge on any atom is 0.322 e. The first kappa shape index (κ1) is 14.4. The number of carbonyl (C=O) groups excluding carboxylic acids is 2. The number of carboxylic acid groups (broad SMARTS) is 1. The summed E-state index contributed by atoms with van der Waals surface area (Å²) in [6.07, 6.45) is 1.31. The summed E-state index contributed by atoms with van der Waals surface area (Å²) >= 11 is 0. The van der Waals surface area contributed by atoms with E-state index in [1.54, 1.807) is 6.92 Å². The molecule has 0 aromatic carbocycles. The Morgan fingerprint density at radius 2 is 2.11 bits per heavy atom. The van der Waals surface area contributed by atoms with Crippen LogP contribution in [-0.4, -0.2) is 51.3 Å². The van der Waals surface area contributed by atoms with Gasteiger partial charge in [0.1, 0.15) is 18.7 Å². The number of carbonyl (C=O) groups is 3. The molecule has 1 rings (SSSR count). The lowest BCUT2D eigenvalue weighted by molar-refractivity contribution is -0.137. The summed E-state index contributed by atoms with van der Waals surface area (Å²) < 4.78 is 0.